The normalized spacial score (nSPS) is 14.1. The van der Waals surface area contributed by atoms with Gasteiger partial charge in [-0.25, -0.2) is 13.1 Å². The summed E-state index contributed by atoms with van der Waals surface area (Å²) in [7, 11) is -3.17. The van der Waals surface area contributed by atoms with Gasteiger partial charge in [0.25, 0.3) is 0 Å². The van der Waals surface area contributed by atoms with E-state index >= 15 is 0 Å². The minimum atomic E-state index is -3.17. The number of hydrogen-bond donors (Lipinski definition) is 1. The van der Waals surface area contributed by atoms with Crippen LogP contribution in [0, 0.1) is 6.92 Å². The van der Waals surface area contributed by atoms with Gasteiger partial charge in [0.15, 0.2) is 0 Å². The van der Waals surface area contributed by atoms with E-state index in [1.54, 1.807) is 4.68 Å². The van der Waals surface area contributed by atoms with Crippen LogP contribution in [0.25, 0.3) is 0 Å². The Morgan fingerprint density at radius 2 is 2.20 bits per heavy atom. The van der Waals surface area contributed by atoms with Gasteiger partial charge in [-0.05, 0) is 20.8 Å². The molecule has 0 aliphatic rings. The maximum absolute atomic E-state index is 11.1. The van der Waals surface area contributed by atoms with E-state index in [0.29, 0.717) is 0 Å². The highest BCUT2D eigenvalue weighted by atomic mass is 32.2. The van der Waals surface area contributed by atoms with Gasteiger partial charge in [-0.1, -0.05) is 0 Å². The monoisotopic (exact) mass is 231 g/mol. The highest BCUT2D eigenvalue weighted by Gasteiger charge is 2.15. The summed E-state index contributed by atoms with van der Waals surface area (Å²) in [5.41, 5.74) is 1.78. The smallest absolute Gasteiger partial charge is 0.209 e. The van der Waals surface area contributed by atoms with Gasteiger partial charge in [0.05, 0.1) is 11.9 Å². The molecule has 0 saturated heterocycles. The van der Waals surface area contributed by atoms with Crippen molar-refractivity contribution in [2.45, 2.75) is 33.4 Å². The topological polar surface area (TPSA) is 64.0 Å². The number of nitrogens with zero attached hydrogens (tertiary/aromatic N) is 2. The van der Waals surface area contributed by atoms with Crippen molar-refractivity contribution in [3.8, 4) is 0 Å². The van der Waals surface area contributed by atoms with E-state index in [-0.39, 0.29) is 6.04 Å². The van der Waals surface area contributed by atoms with E-state index in [0.717, 1.165) is 24.1 Å². The van der Waals surface area contributed by atoms with Gasteiger partial charge in [0.1, 0.15) is 0 Å². The van der Waals surface area contributed by atoms with Gasteiger partial charge in [-0.3, -0.25) is 4.68 Å². The number of nitrogens with one attached hydrogen (secondary N) is 1. The highest BCUT2D eigenvalue weighted by molar-refractivity contribution is 7.88. The van der Waals surface area contributed by atoms with Crippen LogP contribution in [0.1, 0.15) is 31.1 Å². The molecule has 86 valence electrons. The fraction of sp³-hybridized carbons (Fsp3) is 0.667. The Bertz CT molecular complexity index is 436. The molecule has 0 amide bonds. The zero-order chi connectivity index (χ0) is 11.6. The number of aryl methyl sites for hydroxylation is 2. The summed E-state index contributed by atoms with van der Waals surface area (Å²) in [4.78, 5) is 0. The van der Waals surface area contributed by atoms with Gasteiger partial charge in [0.2, 0.25) is 10.0 Å². The second-order valence-electron chi connectivity index (χ2n) is 3.64. The molecular formula is C9H17N3O2S. The Balaban J connectivity index is 2.91. The third kappa shape index (κ3) is 3.32. The van der Waals surface area contributed by atoms with Crippen molar-refractivity contribution in [3.63, 3.8) is 0 Å². The molecule has 0 saturated carbocycles. The highest BCUT2D eigenvalue weighted by Crippen LogP contribution is 2.16. The van der Waals surface area contributed by atoms with Crippen LogP contribution in [0.5, 0.6) is 0 Å². The first kappa shape index (κ1) is 12.2. The lowest BCUT2D eigenvalue weighted by Gasteiger charge is -2.10. The molecule has 0 radical (unpaired) electrons. The lowest BCUT2D eigenvalue weighted by Crippen LogP contribution is -2.25. The number of rotatable bonds is 4. The van der Waals surface area contributed by atoms with E-state index in [1.165, 1.54) is 0 Å². The molecule has 0 fully saturated rings. The Morgan fingerprint density at radius 3 is 2.60 bits per heavy atom. The summed E-state index contributed by atoms with van der Waals surface area (Å²) in [6.07, 6.45) is 3.03. The average molecular weight is 231 g/mol. The van der Waals surface area contributed by atoms with Crippen molar-refractivity contribution in [2.24, 2.45) is 0 Å². The van der Waals surface area contributed by atoms with Gasteiger partial charge in [-0.2, -0.15) is 5.10 Å². The van der Waals surface area contributed by atoms with Gasteiger partial charge >= 0.3 is 0 Å². The summed E-state index contributed by atoms with van der Waals surface area (Å²) < 4.78 is 26.5. The van der Waals surface area contributed by atoms with Crippen LogP contribution in [-0.2, 0) is 16.6 Å². The Kier molecular flexibility index (Phi) is 3.51. The Hall–Kier alpha value is -0.880. The number of aromatic nitrogens is 2. The fourth-order valence-electron chi connectivity index (χ4n) is 1.50. The SMILES string of the molecule is CCn1cc(C(C)NS(C)(=O)=O)c(C)n1. The lowest BCUT2D eigenvalue weighted by atomic mass is 10.1. The second-order valence-corrected chi connectivity index (χ2v) is 5.42. The summed E-state index contributed by atoms with van der Waals surface area (Å²) in [5.74, 6) is 0. The fourth-order valence-corrected chi connectivity index (χ4v) is 2.27. The standard InChI is InChI=1S/C9H17N3O2S/c1-5-12-6-9(7(2)10-12)8(3)11-15(4,13)14/h6,8,11H,5H2,1-4H3. The quantitative estimate of drug-likeness (QED) is 0.834. The van der Waals surface area contributed by atoms with Gasteiger partial charge in [0, 0.05) is 24.3 Å². The maximum Gasteiger partial charge on any atom is 0.209 e. The first-order valence-electron chi connectivity index (χ1n) is 4.84. The second kappa shape index (κ2) is 4.32. The molecule has 1 aromatic heterocycles. The van der Waals surface area contributed by atoms with Crippen molar-refractivity contribution < 1.29 is 8.42 Å². The third-order valence-corrected chi connectivity index (χ3v) is 2.95. The molecule has 1 N–H and O–H groups in total. The van der Waals surface area contributed by atoms with E-state index in [4.69, 9.17) is 0 Å². The molecule has 0 bridgehead atoms. The molecule has 1 unspecified atom stereocenters. The molecule has 1 heterocycles. The molecule has 0 aromatic carbocycles. The summed E-state index contributed by atoms with van der Waals surface area (Å²) in [5, 5.41) is 4.26. The van der Waals surface area contributed by atoms with Crippen molar-refractivity contribution in [2.75, 3.05) is 6.26 Å². The van der Waals surface area contributed by atoms with Crippen molar-refractivity contribution in [3.05, 3.63) is 17.5 Å². The number of sulfonamides is 1. The first-order valence-corrected chi connectivity index (χ1v) is 6.74. The zero-order valence-electron chi connectivity index (χ0n) is 9.48. The largest absolute Gasteiger partial charge is 0.272 e. The van der Waals surface area contributed by atoms with Crippen LogP contribution in [0.15, 0.2) is 6.20 Å². The zero-order valence-corrected chi connectivity index (χ0v) is 10.3. The number of hydrogen-bond acceptors (Lipinski definition) is 3. The first-order chi connectivity index (χ1) is 6.83. The van der Waals surface area contributed by atoms with Gasteiger partial charge in [-0.15, -0.1) is 0 Å². The minimum absolute atomic E-state index is 0.236. The minimum Gasteiger partial charge on any atom is -0.272 e. The third-order valence-electron chi connectivity index (χ3n) is 2.17. The van der Waals surface area contributed by atoms with E-state index < -0.39 is 10.0 Å². The van der Waals surface area contributed by atoms with Crippen molar-refractivity contribution in [1.29, 1.82) is 0 Å². The lowest BCUT2D eigenvalue weighted by molar-refractivity contribution is 0.572. The average Bonchev–Trinajstić information content (AvgIpc) is 2.43. The van der Waals surface area contributed by atoms with Crippen LogP contribution in [0.2, 0.25) is 0 Å². The van der Waals surface area contributed by atoms with Crippen LogP contribution in [0.4, 0.5) is 0 Å². The summed E-state index contributed by atoms with van der Waals surface area (Å²) >= 11 is 0. The predicted molar refractivity (Wildman–Crippen MR) is 59.0 cm³/mol. The molecule has 0 spiro atoms. The maximum atomic E-state index is 11.1. The molecule has 0 aliphatic heterocycles. The molecule has 15 heavy (non-hydrogen) atoms. The van der Waals surface area contributed by atoms with E-state index in [9.17, 15) is 8.42 Å². The molecular weight excluding hydrogens is 214 g/mol. The molecule has 1 aromatic rings. The molecule has 6 heteroatoms. The predicted octanol–water partition coefficient (Wildman–Crippen LogP) is 0.822. The van der Waals surface area contributed by atoms with Crippen molar-refractivity contribution >= 4 is 10.0 Å². The van der Waals surface area contributed by atoms with Crippen LogP contribution < -0.4 is 4.72 Å². The molecule has 1 atom stereocenters. The molecule has 5 nitrogen and oxygen atoms in total. The van der Waals surface area contributed by atoms with E-state index in [1.807, 2.05) is 27.0 Å². The van der Waals surface area contributed by atoms with Crippen LogP contribution in [-0.4, -0.2) is 24.5 Å². The Morgan fingerprint density at radius 1 is 1.60 bits per heavy atom. The molecule has 1 rings (SSSR count). The van der Waals surface area contributed by atoms with Gasteiger partial charge < -0.3 is 0 Å². The van der Waals surface area contributed by atoms with E-state index in [2.05, 4.69) is 9.82 Å². The van der Waals surface area contributed by atoms with Crippen LogP contribution >= 0.6 is 0 Å². The Labute approximate surface area is 90.5 Å². The summed E-state index contributed by atoms with van der Waals surface area (Å²) in [6.45, 7) is 6.46. The van der Waals surface area contributed by atoms with Crippen molar-refractivity contribution in [1.82, 2.24) is 14.5 Å². The van der Waals surface area contributed by atoms with Crippen LogP contribution in [0.3, 0.4) is 0 Å². The summed E-state index contributed by atoms with van der Waals surface area (Å²) in [6, 6.07) is -0.236. The molecule has 0 aliphatic carbocycles.